The van der Waals surface area contributed by atoms with E-state index in [1.807, 2.05) is 6.92 Å². The van der Waals surface area contributed by atoms with Crippen molar-refractivity contribution in [2.24, 2.45) is 22.5 Å². The topological polar surface area (TPSA) is 131 Å². The zero-order valence-corrected chi connectivity index (χ0v) is 23.7. The molecule has 0 radical (unpaired) electrons. The molecular formula is C28H43NO8. The molecule has 0 aliphatic rings. The Labute approximate surface area is 220 Å². The summed E-state index contributed by atoms with van der Waals surface area (Å²) < 4.78 is 21.4. The number of methoxy groups -OCH3 is 1. The van der Waals surface area contributed by atoms with Crippen molar-refractivity contribution in [1.82, 2.24) is 0 Å². The van der Waals surface area contributed by atoms with Crippen LogP contribution in [-0.4, -0.2) is 43.1 Å². The van der Waals surface area contributed by atoms with Gasteiger partial charge in [0.2, 0.25) is 0 Å². The Morgan fingerprint density at radius 3 is 1.92 bits per heavy atom. The molecule has 208 valence electrons. The standard InChI is InChI=1S/C28H43NO8/c1-10-11-18(2)22(30)35-15-14-28(29,25(33)34-9)17-19-12-13-20(36-23(31)26(3,4)5)21(16-19)37-24(32)27(6,7)8/h12-13,16,18H,10-11,14-15,17,29H2,1-9H3/t18-,28?/m0/s1. The van der Waals surface area contributed by atoms with Crippen molar-refractivity contribution >= 4 is 23.9 Å². The minimum Gasteiger partial charge on any atom is -0.468 e. The van der Waals surface area contributed by atoms with Crippen LogP contribution in [0.25, 0.3) is 0 Å². The van der Waals surface area contributed by atoms with Gasteiger partial charge in [0.25, 0.3) is 0 Å². The van der Waals surface area contributed by atoms with Crippen molar-refractivity contribution < 1.29 is 38.1 Å². The lowest BCUT2D eigenvalue weighted by Crippen LogP contribution is -2.51. The van der Waals surface area contributed by atoms with E-state index in [2.05, 4.69) is 0 Å². The summed E-state index contributed by atoms with van der Waals surface area (Å²) in [7, 11) is 1.23. The largest absolute Gasteiger partial charge is 0.468 e. The Morgan fingerprint density at radius 1 is 0.892 bits per heavy atom. The molecule has 0 aromatic heterocycles. The number of hydrogen-bond acceptors (Lipinski definition) is 9. The molecule has 1 rings (SSSR count). The van der Waals surface area contributed by atoms with E-state index >= 15 is 0 Å². The molecule has 0 aliphatic carbocycles. The minimum atomic E-state index is -1.52. The molecule has 1 aromatic carbocycles. The van der Waals surface area contributed by atoms with Gasteiger partial charge in [-0.05, 0) is 65.7 Å². The summed E-state index contributed by atoms with van der Waals surface area (Å²) >= 11 is 0. The van der Waals surface area contributed by atoms with E-state index in [-0.39, 0.29) is 42.8 Å². The molecule has 0 spiro atoms. The summed E-state index contributed by atoms with van der Waals surface area (Å²) in [5, 5.41) is 0. The molecule has 0 saturated heterocycles. The molecule has 0 saturated carbocycles. The molecule has 0 heterocycles. The van der Waals surface area contributed by atoms with Gasteiger partial charge in [0.1, 0.15) is 5.54 Å². The van der Waals surface area contributed by atoms with Gasteiger partial charge in [-0.2, -0.15) is 0 Å². The molecule has 1 unspecified atom stereocenters. The number of esters is 4. The third-order valence-corrected chi connectivity index (χ3v) is 5.67. The molecule has 0 fully saturated rings. The van der Waals surface area contributed by atoms with Crippen molar-refractivity contribution in [2.45, 2.75) is 86.6 Å². The zero-order chi connectivity index (χ0) is 28.6. The number of ether oxygens (including phenoxy) is 4. The third kappa shape index (κ3) is 9.80. The van der Waals surface area contributed by atoms with E-state index < -0.39 is 34.3 Å². The average Bonchev–Trinajstić information content (AvgIpc) is 2.78. The number of nitrogens with two attached hydrogens (primary N) is 1. The van der Waals surface area contributed by atoms with Gasteiger partial charge in [-0.3, -0.25) is 19.2 Å². The second-order valence-corrected chi connectivity index (χ2v) is 11.5. The molecule has 0 bridgehead atoms. The summed E-state index contributed by atoms with van der Waals surface area (Å²) in [6.45, 7) is 13.9. The number of benzene rings is 1. The van der Waals surface area contributed by atoms with E-state index in [9.17, 15) is 19.2 Å². The van der Waals surface area contributed by atoms with Gasteiger partial charge in [-0.25, -0.2) is 0 Å². The highest BCUT2D eigenvalue weighted by molar-refractivity contribution is 5.82. The first kappa shape index (κ1) is 32.1. The second kappa shape index (κ2) is 13.0. The van der Waals surface area contributed by atoms with Gasteiger partial charge in [0.15, 0.2) is 11.5 Å². The first-order chi connectivity index (χ1) is 16.9. The molecule has 37 heavy (non-hydrogen) atoms. The van der Waals surface area contributed by atoms with Crippen LogP contribution in [0.3, 0.4) is 0 Å². The summed E-state index contributed by atoms with van der Waals surface area (Å²) in [6.07, 6.45) is 1.56. The van der Waals surface area contributed by atoms with E-state index in [1.54, 1.807) is 54.5 Å². The highest BCUT2D eigenvalue weighted by Gasteiger charge is 2.36. The normalized spacial score (nSPS) is 14.2. The SMILES string of the molecule is CCC[C@H](C)C(=O)OCCC(N)(Cc1ccc(OC(=O)C(C)(C)C)c(OC(=O)C(C)(C)C)c1)C(=O)OC. The summed E-state index contributed by atoms with van der Waals surface area (Å²) in [5.41, 5.74) is 3.86. The highest BCUT2D eigenvalue weighted by Crippen LogP contribution is 2.34. The van der Waals surface area contributed by atoms with Crippen molar-refractivity contribution in [3.63, 3.8) is 0 Å². The van der Waals surface area contributed by atoms with E-state index in [1.165, 1.54) is 19.2 Å². The number of hydrogen-bond donors (Lipinski definition) is 1. The maximum Gasteiger partial charge on any atom is 0.326 e. The van der Waals surface area contributed by atoms with Gasteiger partial charge in [0, 0.05) is 12.8 Å². The van der Waals surface area contributed by atoms with Crippen LogP contribution in [0, 0.1) is 16.7 Å². The first-order valence-corrected chi connectivity index (χ1v) is 12.6. The zero-order valence-electron chi connectivity index (χ0n) is 23.7. The number of carbonyl (C=O) groups is 4. The quantitative estimate of drug-likeness (QED) is 0.333. The Morgan fingerprint density at radius 2 is 1.43 bits per heavy atom. The van der Waals surface area contributed by atoms with Crippen LogP contribution in [0.4, 0.5) is 0 Å². The third-order valence-electron chi connectivity index (χ3n) is 5.67. The maximum atomic E-state index is 12.6. The summed E-state index contributed by atoms with van der Waals surface area (Å²) in [5.74, 6) is -2.22. The predicted molar refractivity (Wildman–Crippen MR) is 139 cm³/mol. The number of carbonyl (C=O) groups excluding carboxylic acids is 4. The molecule has 2 N–H and O–H groups in total. The fourth-order valence-corrected chi connectivity index (χ4v) is 3.19. The molecule has 1 aromatic rings. The lowest BCUT2D eigenvalue weighted by molar-refractivity contribution is -0.153. The Balaban J connectivity index is 3.24. The van der Waals surface area contributed by atoms with Gasteiger partial charge < -0.3 is 24.7 Å². The Kier molecular flexibility index (Phi) is 11.3. The van der Waals surface area contributed by atoms with Crippen LogP contribution >= 0.6 is 0 Å². The predicted octanol–water partition coefficient (Wildman–Crippen LogP) is 4.37. The molecule has 0 aliphatic heterocycles. The maximum absolute atomic E-state index is 12.6. The van der Waals surface area contributed by atoms with Crippen molar-refractivity contribution in [3.05, 3.63) is 23.8 Å². The van der Waals surface area contributed by atoms with Gasteiger partial charge >= 0.3 is 23.9 Å². The summed E-state index contributed by atoms with van der Waals surface area (Å²) in [6, 6.07) is 4.63. The average molecular weight is 522 g/mol. The molecule has 9 nitrogen and oxygen atoms in total. The van der Waals surface area contributed by atoms with Crippen LogP contribution in [0.5, 0.6) is 11.5 Å². The van der Waals surface area contributed by atoms with E-state index in [0.717, 1.165) is 6.42 Å². The van der Waals surface area contributed by atoms with Crippen LogP contribution < -0.4 is 15.2 Å². The second-order valence-electron chi connectivity index (χ2n) is 11.5. The fraction of sp³-hybridized carbons (Fsp3) is 0.643. The van der Waals surface area contributed by atoms with E-state index in [0.29, 0.717) is 12.0 Å². The smallest absolute Gasteiger partial charge is 0.326 e. The van der Waals surface area contributed by atoms with Crippen LogP contribution in [0.2, 0.25) is 0 Å². The Hall–Kier alpha value is -2.94. The first-order valence-electron chi connectivity index (χ1n) is 12.6. The molecule has 9 heteroatoms. The van der Waals surface area contributed by atoms with Crippen molar-refractivity contribution in [3.8, 4) is 11.5 Å². The molecule has 2 atom stereocenters. The van der Waals surface area contributed by atoms with Crippen LogP contribution in [0.1, 0.15) is 80.2 Å². The van der Waals surface area contributed by atoms with Gasteiger partial charge in [-0.1, -0.05) is 26.3 Å². The van der Waals surface area contributed by atoms with Crippen molar-refractivity contribution in [1.29, 1.82) is 0 Å². The monoisotopic (exact) mass is 521 g/mol. The van der Waals surface area contributed by atoms with E-state index in [4.69, 9.17) is 24.7 Å². The Bertz CT molecular complexity index is 973. The number of rotatable bonds is 11. The molecular weight excluding hydrogens is 478 g/mol. The van der Waals surface area contributed by atoms with Crippen molar-refractivity contribution in [2.75, 3.05) is 13.7 Å². The van der Waals surface area contributed by atoms with Gasteiger partial charge in [-0.15, -0.1) is 0 Å². The van der Waals surface area contributed by atoms with Crippen LogP contribution in [-0.2, 0) is 35.1 Å². The fourth-order valence-electron chi connectivity index (χ4n) is 3.19. The lowest BCUT2D eigenvalue weighted by Gasteiger charge is -2.27. The lowest BCUT2D eigenvalue weighted by atomic mass is 9.88. The molecule has 0 amide bonds. The van der Waals surface area contributed by atoms with Gasteiger partial charge in [0.05, 0.1) is 30.5 Å². The van der Waals surface area contributed by atoms with Crippen LogP contribution in [0.15, 0.2) is 18.2 Å². The highest BCUT2D eigenvalue weighted by atomic mass is 16.6. The summed E-state index contributed by atoms with van der Waals surface area (Å²) in [4.78, 5) is 49.9. The minimum absolute atomic E-state index is 0.00466.